The number of carbonyl (C=O) groups is 1. The summed E-state index contributed by atoms with van der Waals surface area (Å²) in [5.41, 5.74) is 2.41. The van der Waals surface area contributed by atoms with Gasteiger partial charge in [0.1, 0.15) is 12.7 Å². The molecule has 76 valence electrons. The second-order valence-electron chi connectivity index (χ2n) is 2.72. The molecule has 0 aliphatic rings. The SMILES string of the molecule is NNC(=O)c1ccc(-n2cncn2)nc1. The Balaban J connectivity index is 2.29. The zero-order valence-corrected chi connectivity index (χ0v) is 7.66. The number of nitrogens with zero attached hydrogens (tertiary/aromatic N) is 4. The maximum Gasteiger partial charge on any atom is 0.266 e. The summed E-state index contributed by atoms with van der Waals surface area (Å²) in [5.74, 6) is 5.18. The number of pyridine rings is 1. The first kappa shape index (κ1) is 9.28. The quantitative estimate of drug-likeness (QED) is 0.381. The fraction of sp³-hybridized carbons (Fsp3) is 0. The number of nitrogen functional groups attached to an aromatic ring is 1. The third-order valence-electron chi connectivity index (χ3n) is 1.79. The molecule has 0 aliphatic heterocycles. The Bertz CT molecular complexity index is 448. The van der Waals surface area contributed by atoms with Gasteiger partial charge in [-0.15, -0.1) is 0 Å². The van der Waals surface area contributed by atoms with E-state index in [0.29, 0.717) is 11.4 Å². The molecular weight excluding hydrogens is 196 g/mol. The Morgan fingerprint density at radius 2 is 2.33 bits per heavy atom. The van der Waals surface area contributed by atoms with Gasteiger partial charge >= 0.3 is 0 Å². The number of amides is 1. The van der Waals surface area contributed by atoms with Gasteiger partial charge in [-0.3, -0.25) is 10.2 Å². The molecule has 3 N–H and O–H groups in total. The van der Waals surface area contributed by atoms with Gasteiger partial charge in [0, 0.05) is 6.20 Å². The van der Waals surface area contributed by atoms with Crippen LogP contribution in [-0.4, -0.2) is 25.7 Å². The summed E-state index contributed by atoms with van der Waals surface area (Å²) >= 11 is 0. The van der Waals surface area contributed by atoms with Gasteiger partial charge in [-0.1, -0.05) is 0 Å². The van der Waals surface area contributed by atoms with Crippen molar-refractivity contribution in [3.8, 4) is 5.82 Å². The van der Waals surface area contributed by atoms with Gasteiger partial charge in [-0.25, -0.2) is 20.5 Å². The smallest absolute Gasteiger partial charge is 0.266 e. The van der Waals surface area contributed by atoms with E-state index in [1.807, 2.05) is 5.43 Å². The monoisotopic (exact) mass is 204 g/mol. The molecule has 2 rings (SSSR count). The van der Waals surface area contributed by atoms with Crippen LogP contribution in [0.4, 0.5) is 0 Å². The molecule has 2 aromatic heterocycles. The maximum atomic E-state index is 11.1. The van der Waals surface area contributed by atoms with E-state index >= 15 is 0 Å². The molecular formula is C8H8N6O. The number of nitrogens with one attached hydrogen (secondary N) is 1. The average molecular weight is 204 g/mol. The summed E-state index contributed by atoms with van der Waals surface area (Å²) in [7, 11) is 0. The van der Waals surface area contributed by atoms with E-state index in [2.05, 4.69) is 15.1 Å². The molecule has 0 spiro atoms. The van der Waals surface area contributed by atoms with Crippen LogP contribution in [0, 0.1) is 0 Å². The highest BCUT2D eigenvalue weighted by atomic mass is 16.2. The summed E-state index contributed by atoms with van der Waals surface area (Å²) in [6, 6.07) is 3.26. The van der Waals surface area contributed by atoms with Crippen molar-refractivity contribution in [2.75, 3.05) is 0 Å². The summed E-state index contributed by atoms with van der Waals surface area (Å²) in [6.07, 6.45) is 4.34. The van der Waals surface area contributed by atoms with Crippen molar-refractivity contribution >= 4 is 5.91 Å². The molecule has 2 aromatic rings. The predicted molar refractivity (Wildman–Crippen MR) is 50.8 cm³/mol. The van der Waals surface area contributed by atoms with Gasteiger partial charge in [-0.05, 0) is 12.1 Å². The van der Waals surface area contributed by atoms with E-state index in [9.17, 15) is 4.79 Å². The number of hydrazine groups is 1. The van der Waals surface area contributed by atoms with Gasteiger partial charge in [0.2, 0.25) is 0 Å². The van der Waals surface area contributed by atoms with Crippen molar-refractivity contribution in [2.45, 2.75) is 0 Å². The largest absolute Gasteiger partial charge is 0.290 e. The lowest BCUT2D eigenvalue weighted by molar-refractivity contribution is 0.0953. The van der Waals surface area contributed by atoms with Crippen molar-refractivity contribution in [3.63, 3.8) is 0 Å². The molecule has 15 heavy (non-hydrogen) atoms. The highest BCUT2D eigenvalue weighted by Gasteiger charge is 2.04. The predicted octanol–water partition coefficient (Wildman–Crippen LogP) is -0.734. The number of aromatic nitrogens is 4. The molecule has 0 atom stereocenters. The normalized spacial score (nSPS) is 9.93. The molecule has 0 aromatic carbocycles. The van der Waals surface area contributed by atoms with Crippen molar-refractivity contribution in [2.24, 2.45) is 5.84 Å². The fourth-order valence-electron chi connectivity index (χ4n) is 1.07. The van der Waals surface area contributed by atoms with Crippen LogP contribution in [0.25, 0.3) is 5.82 Å². The minimum absolute atomic E-state index is 0.382. The number of rotatable bonds is 2. The lowest BCUT2D eigenvalue weighted by Crippen LogP contribution is -2.30. The third-order valence-corrected chi connectivity index (χ3v) is 1.79. The minimum Gasteiger partial charge on any atom is -0.290 e. The zero-order chi connectivity index (χ0) is 10.7. The lowest BCUT2D eigenvalue weighted by atomic mass is 10.3. The molecule has 0 fully saturated rings. The van der Waals surface area contributed by atoms with E-state index in [1.165, 1.54) is 23.5 Å². The van der Waals surface area contributed by atoms with Gasteiger partial charge in [0.05, 0.1) is 5.56 Å². The average Bonchev–Trinajstić information content (AvgIpc) is 2.82. The third kappa shape index (κ3) is 1.81. The Morgan fingerprint density at radius 3 is 2.87 bits per heavy atom. The molecule has 7 heteroatoms. The first-order valence-corrected chi connectivity index (χ1v) is 4.13. The number of carbonyl (C=O) groups excluding carboxylic acids is 1. The van der Waals surface area contributed by atoms with Crippen LogP contribution < -0.4 is 11.3 Å². The zero-order valence-electron chi connectivity index (χ0n) is 7.66. The second-order valence-corrected chi connectivity index (χ2v) is 2.72. The summed E-state index contributed by atoms with van der Waals surface area (Å²) in [5, 5.41) is 3.90. The van der Waals surface area contributed by atoms with Crippen LogP contribution in [0.1, 0.15) is 10.4 Å². The molecule has 0 unspecified atom stereocenters. The highest BCUT2D eigenvalue weighted by molar-refractivity contribution is 5.93. The Morgan fingerprint density at radius 1 is 1.47 bits per heavy atom. The molecule has 0 bridgehead atoms. The highest BCUT2D eigenvalue weighted by Crippen LogP contribution is 2.03. The first-order chi connectivity index (χ1) is 7.31. The van der Waals surface area contributed by atoms with Crippen molar-refractivity contribution < 1.29 is 4.79 Å². The van der Waals surface area contributed by atoms with E-state index in [4.69, 9.17) is 5.84 Å². The Labute approximate surface area is 84.9 Å². The lowest BCUT2D eigenvalue weighted by Gasteiger charge is -2.01. The van der Waals surface area contributed by atoms with Crippen molar-refractivity contribution in [3.05, 3.63) is 36.5 Å². The van der Waals surface area contributed by atoms with Crippen LogP contribution in [0.3, 0.4) is 0 Å². The van der Waals surface area contributed by atoms with Crippen molar-refractivity contribution in [1.82, 2.24) is 25.2 Å². The number of hydrogen-bond acceptors (Lipinski definition) is 5. The minimum atomic E-state index is -0.382. The molecule has 0 saturated heterocycles. The number of nitrogens with two attached hydrogens (primary N) is 1. The maximum absolute atomic E-state index is 11.1. The van der Waals surface area contributed by atoms with Crippen LogP contribution in [0.2, 0.25) is 0 Å². The molecule has 2 heterocycles. The van der Waals surface area contributed by atoms with E-state index < -0.39 is 0 Å². The van der Waals surface area contributed by atoms with Gasteiger partial charge in [0.25, 0.3) is 5.91 Å². The molecule has 0 saturated carbocycles. The van der Waals surface area contributed by atoms with Gasteiger partial charge < -0.3 is 0 Å². The topological polar surface area (TPSA) is 98.7 Å². The van der Waals surface area contributed by atoms with E-state index in [-0.39, 0.29) is 5.91 Å². The van der Waals surface area contributed by atoms with Gasteiger partial charge in [-0.2, -0.15) is 5.10 Å². The van der Waals surface area contributed by atoms with Crippen LogP contribution in [0.5, 0.6) is 0 Å². The standard InChI is InChI=1S/C8H8N6O/c9-13-8(15)6-1-2-7(11-3-6)14-5-10-4-12-14/h1-5H,9H2,(H,13,15). The van der Waals surface area contributed by atoms with Gasteiger partial charge in [0.15, 0.2) is 5.82 Å². The molecule has 7 nitrogen and oxygen atoms in total. The molecule has 0 aliphatic carbocycles. The van der Waals surface area contributed by atoms with E-state index in [1.54, 1.807) is 12.1 Å². The van der Waals surface area contributed by atoms with Crippen LogP contribution in [0.15, 0.2) is 31.0 Å². The van der Waals surface area contributed by atoms with E-state index in [0.717, 1.165) is 0 Å². The molecule has 1 amide bonds. The van der Waals surface area contributed by atoms with Crippen LogP contribution >= 0.6 is 0 Å². The fourth-order valence-corrected chi connectivity index (χ4v) is 1.07. The Hall–Kier alpha value is -2.28. The summed E-state index contributed by atoms with van der Waals surface area (Å²) in [4.78, 5) is 18.9. The summed E-state index contributed by atoms with van der Waals surface area (Å²) in [6.45, 7) is 0. The van der Waals surface area contributed by atoms with Crippen LogP contribution in [-0.2, 0) is 0 Å². The Kier molecular flexibility index (Phi) is 2.38. The molecule has 0 radical (unpaired) electrons. The number of hydrogen-bond donors (Lipinski definition) is 2. The van der Waals surface area contributed by atoms with Crippen molar-refractivity contribution in [1.29, 1.82) is 0 Å². The second kappa shape index (κ2) is 3.84. The first-order valence-electron chi connectivity index (χ1n) is 4.13. The summed E-state index contributed by atoms with van der Waals surface area (Å²) < 4.78 is 1.49.